The number of hydrogen-bond donors (Lipinski definition) is 3. The lowest BCUT2D eigenvalue weighted by molar-refractivity contribution is -0.143. The lowest BCUT2D eigenvalue weighted by atomic mass is 9.89. The van der Waals surface area contributed by atoms with Crippen molar-refractivity contribution in [2.24, 2.45) is 17.6 Å². The Morgan fingerprint density at radius 3 is 2.30 bits per heavy atom. The zero-order chi connectivity index (χ0) is 15.1. The summed E-state index contributed by atoms with van der Waals surface area (Å²) in [5, 5.41) is 19.4. The van der Waals surface area contributed by atoms with Crippen LogP contribution in [0.3, 0.4) is 0 Å². The van der Waals surface area contributed by atoms with Crippen LogP contribution in [0.1, 0.15) is 32.3 Å². The van der Waals surface area contributed by atoms with Crippen LogP contribution < -0.4 is 5.73 Å². The van der Waals surface area contributed by atoms with Crippen LogP contribution in [0.5, 0.6) is 0 Å². The van der Waals surface area contributed by atoms with Gasteiger partial charge in [0.15, 0.2) is 0 Å². The molecule has 0 fully saturated rings. The topological polar surface area (TPSA) is 83.5 Å². The largest absolute Gasteiger partial charge is 0.481 e. The van der Waals surface area contributed by atoms with E-state index in [4.69, 9.17) is 5.73 Å². The first-order chi connectivity index (χ1) is 9.40. The molecule has 4 N–H and O–H groups in total. The van der Waals surface area contributed by atoms with E-state index >= 15 is 0 Å². The normalized spacial score (nSPS) is 15.8. The molecular weight excluding hydrogens is 254 g/mol. The van der Waals surface area contributed by atoms with E-state index in [2.05, 4.69) is 0 Å². The molecule has 0 heterocycles. The molecule has 0 spiro atoms. The van der Waals surface area contributed by atoms with Crippen molar-refractivity contribution in [2.45, 2.75) is 45.3 Å². The Labute approximate surface area is 120 Å². The lowest BCUT2D eigenvalue weighted by Gasteiger charge is -2.23. The number of nitrogens with two attached hydrogens (primary N) is 1. The van der Waals surface area contributed by atoms with E-state index in [0.717, 1.165) is 5.56 Å². The highest BCUT2D eigenvalue weighted by atomic mass is 16.4. The van der Waals surface area contributed by atoms with Gasteiger partial charge in [0, 0.05) is 6.04 Å². The number of aliphatic hydroxyl groups excluding tert-OH is 1. The van der Waals surface area contributed by atoms with Gasteiger partial charge in [-0.2, -0.15) is 0 Å². The molecule has 4 nitrogen and oxygen atoms in total. The van der Waals surface area contributed by atoms with Crippen LogP contribution in [-0.2, 0) is 11.2 Å². The molecule has 0 aliphatic rings. The van der Waals surface area contributed by atoms with E-state index in [0.29, 0.717) is 18.8 Å². The van der Waals surface area contributed by atoms with Crippen molar-refractivity contribution in [1.29, 1.82) is 0 Å². The highest BCUT2D eigenvalue weighted by molar-refractivity contribution is 5.70. The summed E-state index contributed by atoms with van der Waals surface area (Å²) in [5.74, 6) is -1.10. The number of carboxylic acids is 1. The summed E-state index contributed by atoms with van der Waals surface area (Å²) in [4.78, 5) is 11.3. The van der Waals surface area contributed by atoms with Crippen LogP contribution in [0.25, 0.3) is 0 Å². The van der Waals surface area contributed by atoms with Gasteiger partial charge in [0.05, 0.1) is 12.0 Å². The van der Waals surface area contributed by atoms with E-state index < -0.39 is 18.0 Å². The fourth-order valence-electron chi connectivity index (χ4n) is 2.34. The smallest absolute Gasteiger partial charge is 0.306 e. The Hall–Kier alpha value is -1.39. The second kappa shape index (κ2) is 8.02. The summed E-state index contributed by atoms with van der Waals surface area (Å²) in [6.45, 7) is 4.07. The summed E-state index contributed by atoms with van der Waals surface area (Å²) in [7, 11) is 0. The highest BCUT2D eigenvalue weighted by Crippen LogP contribution is 2.18. The molecule has 0 bridgehead atoms. The van der Waals surface area contributed by atoms with Gasteiger partial charge in [0.2, 0.25) is 0 Å². The van der Waals surface area contributed by atoms with Gasteiger partial charge in [-0.05, 0) is 30.7 Å². The van der Waals surface area contributed by atoms with Gasteiger partial charge >= 0.3 is 5.97 Å². The van der Waals surface area contributed by atoms with Gasteiger partial charge < -0.3 is 15.9 Å². The summed E-state index contributed by atoms with van der Waals surface area (Å²) in [6, 6.07) is 9.09. The second-order valence-corrected chi connectivity index (χ2v) is 5.82. The van der Waals surface area contributed by atoms with Crippen LogP contribution in [0.15, 0.2) is 30.3 Å². The van der Waals surface area contributed by atoms with E-state index in [1.807, 2.05) is 44.2 Å². The van der Waals surface area contributed by atoms with Crippen LogP contribution in [0, 0.1) is 11.8 Å². The van der Waals surface area contributed by atoms with Crippen LogP contribution in [0.2, 0.25) is 0 Å². The molecule has 0 aromatic heterocycles. The highest BCUT2D eigenvalue weighted by Gasteiger charge is 2.25. The number of aliphatic carboxylic acids is 1. The summed E-state index contributed by atoms with van der Waals surface area (Å²) < 4.78 is 0. The monoisotopic (exact) mass is 279 g/mol. The number of carbonyl (C=O) groups is 1. The van der Waals surface area contributed by atoms with Crippen molar-refractivity contribution in [3.05, 3.63) is 35.9 Å². The van der Waals surface area contributed by atoms with Gasteiger partial charge in [0.1, 0.15) is 0 Å². The molecule has 112 valence electrons. The van der Waals surface area contributed by atoms with E-state index in [1.54, 1.807) is 0 Å². The zero-order valence-corrected chi connectivity index (χ0v) is 12.2. The third-order valence-electron chi connectivity index (χ3n) is 3.44. The van der Waals surface area contributed by atoms with E-state index in [1.165, 1.54) is 0 Å². The average Bonchev–Trinajstić information content (AvgIpc) is 2.38. The molecule has 0 amide bonds. The Morgan fingerprint density at radius 1 is 1.20 bits per heavy atom. The van der Waals surface area contributed by atoms with Crippen LogP contribution in [0.4, 0.5) is 0 Å². The molecule has 0 aliphatic heterocycles. The van der Waals surface area contributed by atoms with Crippen molar-refractivity contribution >= 4 is 5.97 Å². The molecule has 0 saturated carbocycles. The first-order valence-corrected chi connectivity index (χ1v) is 7.10. The number of rotatable bonds is 8. The van der Waals surface area contributed by atoms with E-state index in [-0.39, 0.29) is 12.5 Å². The van der Waals surface area contributed by atoms with Gasteiger partial charge in [-0.25, -0.2) is 0 Å². The van der Waals surface area contributed by atoms with Gasteiger partial charge in [-0.3, -0.25) is 4.79 Å². The predicted molar refractivity (Wildman–Crippen MR) is 79.3 cm³/mol. The molecule has 20 heavy (non-hydrogen) atoms. The summed E-state index contributed by atoms with van der Waals surface area (Å²) in [5.41, 5.74) is 6.88. The molecule has 1 aromatic rings. The van der Waals surface area contributed by atoms with Gasteiger partial charge in [0.25, 0.3) is 0 Å². The molecule has 1 aromatic carbocycles. The molecule has 0 saturated heterocycles. The first kappa shape index (κ1) is 16.7. The fraction of sp³-hybridized carbons (Fsp3) is 0.562. The maximum Gasteiger partial charge on any atom is 0.306 e. The van der Waals surface area contributed by atoms with Gasteiger partial charge in [-0.15, -0.1) is 0 Å². The maximum absolute atomic E-state index is 11.3. The lowest BCUT2D eigenvalue weighted by Crippen LogP contribution is -2.38. The minimum Gasteiger partial charge on any atom is -0.481 e. The third kappa shape index (κ3) is 5.72. The molecule has 1 rings (SSSR count). The molecule has 3 atom stereocenters. The minimum absolute atomic E-state index is 0.193. The maximum atomic E-state index is 11.3. The van der Waals surface area contributed by atoms with Crippen molar-refractivity contribution in [2.75, 3.05) is 0 Å². The Bertz CT molecular complexity index is 405. The fourth-order valence-corrected chi connectivity index (χ4v) is 2.34. The molecule has 4 heteroatoms. The SMILES string of the molecule is CC(C)C[C@H](N)[C@@H](O)C[C@@H](Cc1ccccc1)C(=O)O. The number of aliphatic hydroxyl groups is 1. The van der Waals surface area contributed by atoms with Gasteiger partial charge in [-0.1, -0.05) is 44.2 Å². The predicted octanol–water partition coefficient (Wildman–Crippen LogP) is 2.05. The van der Waals surface area contributed by atoms with Crippen LogP contribution >= 0.6 is 0 Å². The number of carboxylic acid groups (broad SMARTS) is 1. The minimum atomic E-state index is -0.885. The summed E-state index contributed by atoms with van der Waals surface area (Å²) in [6.07, 6.45) is 0.528. The Morgan fingerprint density at radius 2 is 1.80 bits per heavy atom. The molecular formula is C16H25NO3. The molecule has 0 aliphatic carbocycles. The quantitative estimate of drug-likeness (QED) is 0.680. The van der Waals surface area contributed by atoms with Crippen LogP contribution in [-0.4, -0.2) is 28.3 Å². The van der Waals surface area contributed by atoms with E-state index in [9.17, 15) is 15.0 Å². The van der Waals surface area contributed by atoms with Crippen molar-refractivity contribution in [3.8, 4) is 0 Å². The van der Waals surface area contributed by atoms with Crippen molar-refractivity contribution in [3.63, 3.8) is 0 Å². The Kier molecular flexibility index (Phi) is 6.68. The number of benzene rings is 1. The van der Waals surface area contributed by atoms with Crippen molar-refractivity contribution in [1.82, 2.24) is 0 Å². The zero-order valence-electron chi connectivity index (χ0n) is 12.2. The number of hydrogen-bond acceptors (Lipinski definition) is 3. The first-order valence-electron chi connectivity index (χ1n) is 7.10. The third-order valence-corrected chi connectivity index (χ3v) is 3.44. The molecule has 0 unspecified atom stereocenters. The standard InChI is InChI=1S/C16H25NO3/c1-11(2)8-14(17)15(18)10-13(16(19)20)9-12-6-4-3-5-7-12/h3-7,11,13-15,18H,8-10,17H2,1-2H3,(H,19,20)/t13-,14+,15+/m1/s1. The molecule has 0 radical (unpaired) electrons. The average molecular weight is 279 g/mol. The Balaban J connectivity index is 2.61. The summed E-state index contributed by atoms with van der Waals surface area (Å²) >= 11 is 0. The second-order valence-electron chi connectivity index (χ2n) is 5.82. The van der Waals surface area contributed by atoms with Crippen molar-refractivity contribution < 1.29 is 15.0 Å².